The molecule has 0 saturated heterocycles. The van der Waals surface area contributed by atoms with Crippen LogP contribution in [0.2, 0.25) is 15.0 Å². The first-order valence-corrected chi connectivity index (χ1v) is 17.0. The van der Waals surface area contributed by atoms with Crippen molar-refractivity contribution in [3.8, 4) is 0 Å². The maximum absolute atomic E-state index is 2.68. The van der Waals surface area contributed by atoms with Gasteiger partial charge in [0.2, 0.25) is 0 Å². The summed E-state index contributed by atoms with van der Waals surface area (Å²) < 4.78 is 1.70. The fourth-order valence-corrected chi connectivity index (χ4v) is 20.4. The van der Waals surface area contributed by atoms with Gasteiger partial charge in [-0.3, -0.25) is 0 Å². The number of allylic oxidation sites excluding steroid dienone is 8. The van der Waals surface area contributed by atoms with Crippen LogP contribution in [0.1, 0.15) is 51.4 Å². The summed E-state index contributed by atoms with van der Waals surface area (Å²) in [6.45, 7) is 2.67. The van der Waals surface area contributed by atoms with Gasteiger partial charge in [-0.25, -0.2) is 0 Å². The standard InChI is InChI=1S/2C9H11.C7H8Si.2ClH.Ti/c2*1-2-5-9-7-3-6-8(9)4-1;1-8-7-5-3-2-4-6-7;;;/h2*3,6-7H,1-2,4-5H2;2-6H,1H3;2*1H;. The Kier molecular flexibility index (Phi) is 8.32. The van der Waals surface area contributed by atoms with Gasteiger partial charge in [-0.2, -0.15) is 0 Å². The van der Waals surface area contributed by atoms with Crippen molar-refractivity contribution >= 4 is 36.2 Å². The summed E-state index contributed by atoms with van der Waals surface area (Å²) >= 11 is -1.40. The molecule has 0 amide bonds. The van der Waals surface area contributed by atoms with E-state index in [0.29, 0.717) is 0 Å². The van der Waals surface area contributed by atoms with Crippen LogP contribution in [0.25, 0.3) is 0 Å². The Morgan fingerprint density at radius 3 is 1.72 bits per heavy atom. The van der Waals surface area contributed by atoms with Gasteiger partial charge in [0.25, 0.3) is 0 Å². The predicted molar refractivity (Wildman–Crippen MR) is 129 cm³/mol. The van der Waals surface area contributed by atoms with Crippen molar-refractivity contribution in [2.45, 2.75) is 66.4 Å². The van der Waals surface area contributed by atoms with Crippen LogP contribution in [0.5, 0.6) is 0 Å². The Balaban J connectivity index is 0.00000120. The minimum Gasteiger partial charge on any atom is -0.147 e. The van der Waals surface area contributed by atoms with Gasteiger partial charge in [0.1, 0.15) is 0 Å². The smallest absolute Gasteiger partial charge is 0.147 e. The molecule has 0 spiro atoms. The molecular weight excluding hydrogens is 447 g/mol. The third kappa shape index (κ3) is 4.51. The molecule has 0 aliphatic heterocycles. The van der Waals surface area contributed by atoms with Crippen molar-refractivity contribution in [2.75, 3.05) is 0 Å². The minimum absolute atomic E-state index is 0. The molecular formula is C25H32Cl2SiTi. The first-order valence-electron chi connectivity index (χ1n) is 10.9. The van der Waals surface area contributed by atoms with E-state index in [2.05, 4.69) is 61.2 Å². The first kappa shape index (κ1) is 23.4. The topological polar surface area (TPSA) is 0 Å². The number of rotatable bonds is 3. The van der Waals surface area contributed by atoms with E-state index in [-0.39, 0.29) is 24.8 Å². The van der Waals surface area contributed by atoms with Crippen molar-refractivity contribution in [3.63, 3.8) is 0 Å². The molecule has 0 saturated carbocycles. The van der Waals surface area contributed by atoms with Gasteiger partial charge in [-0.15, -0.1) is 24.8 Å². The fourth-order valence-electron chi connectivity index (χ4n) is 5.75. The van der Waals surface area contributed by atoms with Gasteiger partial charge in [0.05, 0.1) is 0 Å². The number of benzene rings is 1. The Labute approximate surface area is 195 Å². The molecule has 2 atom stereocenters. The largest absolute Gasteiger partial charge is 0.147 e. The summed E-state index contributed by atoms with van der Waals surface area (Å²) in [6, 6.07) is 11.6. The summed E-state index contributed by atoms with van der Waals surface area (Å²) in [5, 5.41) is 1.69. The van der Waals surface area contributed by atoms with Crippen LogP contribution in [0.3, 0.4) is 0 Å². The maximum atomic E-state index is 2.68. The molecule has 4 heteroatoms. The van der Waals surface area contributed by atoms with Gasteiger partial charge in [0, 0.05) is 0 Å². The maximum Gasteiger partial charge on any atom is -0.147 e. The Hall–Kier alpha value is -0.309. The molecule has 0 aromatic heterocycles. The second-order valence-electron chi connectivity index (χ2n) is 8.64. The molecule has 0 N–H and O–H groups in total. The summed E-state index contributed by atoms with van der Waals surface area (Å²) in [5.41, 5.74) is 7.24. The van der Waals surface area contributed by atoms with Crippen LogP contribution in [0, 0.1) is 0 Å². The van der Waals surface area contributed by atoms with Gasteiger partial charge in [0.15, 0.2) is 0 Å². The molecule has 0 bridgehead atoms. The van der Waals surface area contributed by atoms with Crippen molar-refractivity contribution in [1.29, 1.82) is 0 Å². The van der Waals surface area contributed by atoms with E-state index in [4.69, 9.17) is 0 Å². The van der Waals surface area contributed by atoms with Crippen LogP contribution in [0.15, 0.2) is 76.9 Å². The zero-order valence-corrected chi connectivity index (χ0v) is 21.5. The van der Waals surface area contributed by atoms with Crippen molar-refractivity contribution in [1.82, 2.24) is 0 Å². The molecule has 1 aromatic carbocycles. The Morgan fingerprint density at radius 2 is 1.21 bits per heavy atom. The zero-order chi connectivity index (χ0) is 18.2. The average Bonchev–Trinajstić information content (AvgIpc) is 3.34. The molecule has 0 heterocycles. The van der Waals surface area contributed by atoms with E-state index in [1.807, 2.05) is 11.1 Å². The van der Waals surface area contributed by atoms with E-state index < -0.39 is 22.8 Å². The normalized spacial score (nSPS) is 24.6. The van der Waals surface area contributed by atoms with Crippen LogP contribution in [-0.4, -0.2) is 6.19 Å². The molecule has 4 aliphatic carbocycles. The van der Waals surface area contributed by atoms with Gasteiger partial charge in [-0.05, 0) is 0 Å². The first-order chi connectivity index (χ1) is 13.3. The Morgan fingerprint density at radius 1 is 0.724 bits per heavy atom. The minimum atomic E-state index is -1.40. The number of hydrogen-bond acceptors (Lipinski definition) is 0. The molecule has 0 nitrogen and oxygen atoms in total. The van der Waals surface area contributed by atoms with Crippen molar-refractivity contribution in [2.24, 2.45) is 0 Å². The molecule has 0 radical (unpaired) electrons. The quantitative estimate of drug-likeness (QED) is 0.396. The molecule has 29 heavy (non-hydrogen) atoms. The van der Waals surface area contributed by atoms with E-state index in [9.17, 15) is 0 Å². The van der Waals surface area contributed by atoms with Crippen LogP contribution < -0.4 is 5.19 Å². The second-order valence-corrected chi connectivity index (χ2v) is 19.7. The molecule has 154 valence electrons. The molecule has 4 aliphatic rings. The average molecular weight is 479 g/mol. The SMILES string of the molecule is C[Si](c1ccccc1)=[Ti]([CH]1C=CC2=C1CCCC2)[CH]1C=CC2=C1CCCC2.Cl.Cl. The second kappa shape index (κ2) is 10.3. The van der Waals surface area contributed by atoms with E-state index >= 15 is 0 Å². The van der Waals surface area contributed by atoms with Crippen molar-refractivity contribution in [3.05, 3.63) is 76.9 Å². The van der Waals surface area contributed by atoms with Gasteiger partial charge in [-0.1, -0.05) is 0 Å². The van der Waals surface area contributed by atoms with E-state index in [1.54, 1.807) is 16.3 Å². The molecule has 0 fully saturated rings. The predicted octanol–water partition coefficient (Wildman–Crippen LogP) is 7.43. The summed E-state index contributed by atoms with van der Waals surface area (Å²) in [6.07, 6.45) is 21.1. The fraction of sp³-hybridized carbons (Fsp3) is 0.440. The monoisotopic (exact) mass is 478 g/mol. The van der Waals surface area contributed by atoms with Gasteiger partial charge >= 0.3 is 171 Å². The molecule has 5 rings (SSSR count). The van der Waals surface area contributed by atoms with Crippen LogP contribution >= 0.6 is 24.8 Å². The number of hydrogen-bond donors (Lipinski definition) is 0. The van der Waals surface area contributed by atoms with Crippen LogP contribution in [-0.2, 0) is 16.6 Å². The summed E-state index contributed by atoms with van der Waals surface area (Å²) in [7, 11) is 0. The third-order valence-corrected chi connectivity index (χ3v) is 21.0. The zero-order valence-electron chi connectivity index (χ0n) is 17.3. The number of halogens is 2. The Bertz CT molecular complexity index is 858. The van der Waals surface area contributed by atoms with E-state index in [1.165, 1.54) is 51.4 Å². The summed E-state index contributed by atoms with van der Waals surface area (Å²) in [5.74, 6) is 0. The van der Waals surface area contributed by atoms with Crippen LogP contribution in [0.4, 0.5) is 0 Å². The summed E-state index contributed by atoms with van der Waals surface area (Å²) in [4.78, 5) is 0. The van der Waals surface area contributed by atoms with Crippen molar-refractivity contribution < 1.29 is 16.6 Å². The molecule has 2 unspecified atom stereocenters. The van der Waals surface area contributed by atoms with Gasteiger partial charge < -0.3 is 0 Å². The third-order valence-electron chi connectivity index (χ3n) is 7.15. The molecule has 1 aromatic rings. The van der Waals surface area contributed by atoms with E-state index in [0.717, 1.165) is 8.45 Å².